The lowest BCUT2D eigenvalue weighted by Gasteiger charge is -2.16. The Balaban J connectivity index is 1.77. The van der Waals surface area contributed by atoms with Gasteiger partial charge in [0.1, 0.15) is 22.7 Å². The summed E-state index contributed by atoms with van der Waals surface area (Å²) < 4.78 is 28.4. The molecule has 144 valence electrons. The molecule has 0 saturated heterocycles. The maximum Gasteiger partial charge on any atom is 0.168 e. The van der Waals surface area contributed by atoms with Crippen LogP contribution in [0.3, 0.4) is 0 Å². The number of aromatic amines is 1. The Hall–Kier alpha value is -3.86. The molecule has 0 saturated carbocycles. The van der Waals surface area contributed by atoms with Crippen molar-refractivity contribution in [3.05, 3.63) is 65.9 Å². The summed E-state index contributed by atoms with van der Waals surface area (Å²) in [6, 6.07) is 13.2. The molecular formula is C21H16F2N6. The first-order valence-corrected chi connectivity index (χ1v) is 8.83. The standard InChI is InChI=1S/C21H16F2N6/c1-21(2,11-24)12-6-8-13(9-7-12)26-20-18-16(10-25-29-18)27-19(28-20)17-14(22)4-3-5-15(17)23/h3-10H,1-2H3,(H,25,29)(H,26,27,28). The van der Waals surface area contributed by atoms with E-state index >= 15 is 0 Å². The summed E-state index contributed by atoms with van der Waals surface area (Å²) in [6.07, 6.45) is 1.46. The van der Waals surface area contributed by atoms with Gasteiger partial charge in [-0.25, -0.2) is 18.7 Å². The van der Waals surface area contributed by atoms with Crippen molar-refractivity contribution in [2.75, 3.05) is 5.32 Å². The van der Waals surface area contributed by atoms with Gasteiger partial charge in [0.15, 0.2) is 11.6 Å². The average Bonchev–Trinajstić information content (AvgIpc) is 3.17. The van der Waals surface area contributed by atoms with Gasteiger partial charge < -0.3 is 5.32 Å². The number of anilines is 2. The number of aromatic nitrogens is 4. The zero-order valence-electron chi connectivity index (χ0n) is 15.7. The first-order chi connectivity index (χ1) is 13.9. The minimum atomic E-state index is -0.748. The van der Waals surface area contributed by atoms with Gasteiger partial charge in [-0.15, -0.1) is 0 Å². The Morgan fingerprint density at radius 3 is 2.38 bits per heavy atom. The van der Waals surface area contributed by atoms with E-state index in [2.05, 4.69) is 31.6 Å². The number of fused-ring (bicyclic) bond motifs is 1. The third-order valence-corrected chi connectivity index (χ3v) is 4.64. The molecule has 6 nitrogen and oxygen atoms in total. The highest BCUT2D eigenvalue weighted by atomic mass is 19.1. The molecule has 2 N–H and O–H groups in total. The van der Waals surface area contributed by atoms with E-state index in [0.29, 0.717) is 22.5 Å². The van der Waals surface area contributed by atoms with Gasteiger partial charge in [0.05, 0.1) is 23.2 Å². The largest absolute Gasteiger partial charge is 0.338 e. The average molecular weight is 390 g/mol. The summed E-state index contributed by atoms with van der Waals surface area (Å²) in [6.45, 7) is 3.67. The van der Waals surface area contributed by atoms with Crippen molar-refractivity contribution in [1.29, 1.82) is 5.26 Å². The molecule has 0 atom stereocenters. The molecule has 29 heavy (non-hydrogen) atoms. The Labute approximate surface area is 165 Å². The number of nitrogens with zero attached hydrogens (tertiary/aromatic N) is 4. The van der Waals surface area contributed by atoms with E-state index in [-0.39, 0.29) is 11.4 Å². The SMILES string of the molecule is CC(C)(C#N)c1ccc(Nc2nc(-c3c(F)cccc3F)nc3cn[nH]c23)cc1. The third-order valence-electron chi connectivity index (χ3n) is 4.64. The normalized spacial score (nSPS) is 11.4. The molecule has 4 aromatic rings. The first kappa shape index (κ1) is 18.5. The van der Waals surface area contributed by atoms with Crippen molar-refractivity contribution in [2.24, 2.45) is 0 Å². The van der Waals surface area contributed by atoms with E-state index in [0.717, 1.165) is 17.7 Å². The summed E-state index contributed by atoms with van der Waals surface area (Å²) in [5, 5.41) is 19.1. The molecule has 8 heteroatoms. The van der Waals surface area contributed by atoms with Crippen molar-refractivity contribution in [1.82, 2.24) is 20.2 Å². The molecule has 0 aliphatic heterocycles. The molecule has 0 bridgehead atoms. The van der Waals surface area contributed by atoms with Crippen LogP contribution in [0.25, 0.3) is 22.4 Å². The van der Waals surface area contributed by atoms with Crippen LogP contribution in [0, 0.1) is 23.0 Å². The number of benzene rings is 2. The Morgan fingerprint density at radius 2 is 1.72 bits per heavy atom. The molecule has 4 rings (SSSR count). The van der Waals surface area contributed by atoms with Crippen LogP contribution in [0.2, 0.25) is 0 Å². The number of hydrogen-bond donors (Lipinski definition) is 2. The van der Waals surface area contributed by atoms with Crippen molar-refractivity contribution >= 4 is 22.5 Å². The van der Waals surface area contributed by atoms with Crippen LogP contribution in [0.15, 0.2) is 48.7 Å². The molecule has 0 aliphatic carbocycles. The third kappa shape index (κ3) is 3.38. The van der Waals surface area contributed by atoms with Gasteiger partial charge >= 0.3 is 0 Å². The van der Waals surface area contributed by atoms with E-state index in [1.54, 1.807) is 0 Å². The fourth-order valence-corrected chi connectivity index (χ4v) is 2.92. The molecule has 0 spiro atoms. The van der Waals surface area contributed by atoms with Gasteiger partial charge in [-0.1, -0.05) is 18.2 Å². The van der Waals surface area contributed by atoms with E-state index in [1.165, 1.54) is 12.3 Å². The maximum atomic E-state index is 14.2. The lowest BCUT2D eigenvalue weighted by Crippen LogP contribution is -2.13. The van der Waals surface area contributed by atoms with Gasteiger partial charge in [0.2, 0.25) is 0 Å². The summed E-state index contributed by atoms with van der Waals surface area (Å²) in [4.78, 5) is 8.55. The molecule has 0 unspecified atom stereocenters. The van der Waals surface area contributed by atoms with Crippen molar-refractivity contribution in [2.45, 2.75) is 19.3 Å². The number of halogens is 2. The zero-order valence-corrected chi connectivity index (χ0v) is 15.7. The Bertz CT molecular complexity index is 1220. The van der Waals surface area contributed by atoms with E-state index in [1.807, 2.05) is 38.1 Å². The Morgan fingerprint density at radius 1 is 1.03 bits per heavy atom. The van der Waals surface area contributed by atoms with Crippen LogP contribution in [0.4, 0.5) is 20.3 Å². The molecule has 2 heterocycles. The monoisotopic (exact) mass is 390 g/mol. The lowest BCUT2D eigenvalue weighted by molar-refractivity contribution is 0.587. The second-order valence-corrected chi connectivity index (χ2v) is 7.06. The lowest BCUT2D eigenvalue weighted by atomic mass is 9.86. The van der Waals surface area contributed by atoms with Gasteiger partial charge in [0, 0.05) is 5.69 Å². The van der Waals surface area contributed by atoms with Crippen LogP contribution in [-0.2, 0) is 5.41 Å². The van der Waals surface area contributed by atoms with E-state index in [4.69, 9.17) is 0 Å². The number of nitrogens with one attached hydrogen (secondary N) is 2. The molecular weight excluding hydrogens is 374 g/mol. The topological polar surface area (TPSA) is 90.3 Å². The number of rotatable bonds is 4. The number of H-pyrrole nitrogens is 1. The summed E-state index contributed by atoms with van der Waals surface area (Å²) in [5.41, 5.74) is 1.57. The molecule has 0 radical (unpaired) electrons. The predicted molar refractivity (Wildman–Crippen MR) is 105 cm³/mol. The van der Waals surface area contributed by atoms with Crippen LogP contribution >= 0.6 is 0 Å². The zero-order chi connectivity index (χ0) is 20.6. The molecule has 2 aromatic carbocycles. The molecule has 0 aliphatic rings. The summed E-state index contributed by atoms with van der Waals surface area (Å²) in [5.74, 6) is -1.25. The minimum absolute atomic E-state index is 0.0840. The maximum absolute atomic E-state index is 14.2. The molecule has 2 aromatic heterocycles. The second-order valence-electron chi connectivity index (χ2n) is 7.06. The van der Waals surface area contributed by atoms with E-state index < -0.39 is 17.0 Å². The number of hydrogen-bond acceptors (Lipinski definition) is 5. The first-order valence-electron chi connectivity index (χ1n) is 8.83. The molecule has 0 amide bonds. The van der Waals surface area contributed by atoms with E-state index in [9.17, 15) is 14.0 Å². The fourth-order valence-electron chi connectivity index (χ4n) is 2.92. The molecule has 0 fully saturated rings. The summed E-state index contributed by atoms with van der Waals surface area (Å²) >= 11 is 0. The fraction of sp³-hybridized carbons (Fsp3) is 0.143. The van der Waals surface area contributed by atoms with Gasteiger partial charge in [-0.05, 0) is 43.7 Å². The van der Waals surface area contributed by atoms with Crippen LogP contribution in [0.1, 0.15) is 19.4 Å². The number of nitriles is 1. The van der Waals surface area contributed by atoms with Crippen molar-refractivity contribution in [3.63, 3.8) is 0 Å². The highest BCUT2D eigenvalue weighted by Gasteiger charge is 2.20. The van der Waals surface area contributed by atoms with Crippen LogP contribution in [0.5, 0.6) is 0 Å². The highest BCUT2D eigenvalue weighted by molar-refractivity contribution is 5.88. The Kier molecular flexibility index (Phi) is 4.43. The van der Waals surface area contributed by atoms with Crippen LogP contribution < -0.4 is 5.32 Å². The predicted octanol–water partition coefficient (Wildman–Crippen LogP) is 4.84. The van der Waals surface area contributed by atoms with Gasteiger partial charge in [-0.2, -0.15) is 10.4 Å². The van der Waals surface area contributed by atoms with Crippen LogP contribution in [-0.4, -0.2) is 20.2 Å². The van der Waals surface area contributed by atoms with Crippen molar-refractivity contribution in [3.8, 4) is 17.5 Å². The van der Waals surface area contributed by atoms with Crippen molar-refractivity contribution < 1.29 is 8.78 Å². The highest BCUT2D eigenvalue weighted by Crippen LogP contribution is 2.30. The summed E-state index contributed by atoms with van der Waals surface area (Å²) in [7, 11) is 0. The van der Waals surface area contributed by atoms with Gasteiger partial charge in [0.25, 0.3) is 0 Å². The second kappa shape index (κ2) is 6.95. The van der Waals surface area contributed by atoms with Gasteiger partial charge in [-0.3, -0.25) is 5.10 Å². The smallest absolute Gasteiger partial charge is 0.168 e. The minimum Gasteiger partial charge on any atom is -0.338 e. The quantitative estimate of drug-likeness (QED) is 0.520.